The van der Waals surface area contributed by atoms with E-state index < -0.39 is 10.5 Å². The molecule has 1 aromatic carbocycles. The molecule has 1 saturated heterocycles. The van der Waals surface area contributed by atoms with Gasteiger partial charge in [0.1, 0.15) is 0 Å². The molecule has 2 aliphatic rings. The maximum absolute atomic E-state index is 12.1. The van der Waals surface area contributed by atoms with Crippen molar-refractivity contribution in [2.45, 2.75) is 30.9 Å². The number of anilines is 1. The number of benzene rings is 1. The van der Waals surface area contributed by atoms with Crippen LogP contribution in [0.5, 0.6) is 0 Å². The summed E-state index contributed by atoms with van der Waals surface area (Å²) in [6, 6.07) is 9.61. The molecule has 4 rings (SSSR count). The number of hydrogen-bond acceptors (Lipinski definition) is 4. The number of rotatable bonds is 4. The van der Waals surface area contributed by atoms with Gasteiger partial charge < -0.3 is 15.1 Å². The average molecular weight is 385 g/mol. The van der Waals surface area contributed by atoms with E-state index in [0.717, 1.165) is 28.7 Å². The summed E-state index contributed by atoms with van der Waals surface area (Å²) < 4.78 is 0. The van der Waals surface area contributed by atoms with Crippen LogP contribution in [0.4, 0.5) is 10.5 Å². The van der Waals surface area contributed by atoms with Gasteiger partial charge in [-0.2, -0.15) is 0 Å². The van der Waals surface area contributed by atoms with E-state index in [-0.39, 0.29) is 6.03 Å². The number of pyridine rings is 1. The van der Waals surface area contributed by atoms with Crippen molar-refractivity contribution in [3.05, 3.63) is 59.4 Å². The highest BCUT2D eigenvalue weighted by atomic mass is 35.5. The van der Waals surface area contributed by atoms with Crippen molar-refractivity contribution < 1.29 is 9.59 Å². The van der Waals surface area contributed by atoms with E-state index in [1.807, 2.05) is 49.1 Å². The number of nitrogens with one attached hydrogen (secondary N) is 1. The second kappa shape index (κ2) is 6.23. The molecular weight excluding hydrogens is 364 g/mol. The molecule has 0 aliphatic carbocycles. The normalized spacial score (nSPS) is 23.3. The van der Waals surface area contributed by atoms with Gasteiger partial charge in [0, 0.05) is 31.4 Å². The Labute approximate surface area is 163 Å². The van der Waals surface area contributed by atoms with Crippen molar-refractivity contribution in [2.75, 3.05) is 18.0 Å². The highest BCUT2D eigenvalue weighted by molar-refractivity contribution is 6.33. The molecule has 1 unspecified atom stereocenters. The Kier molecular flexibility index (Phi) is 4.11. The van der Waals surface area contributed by atoms with E-state index >= 15 is 0 Å². The Morgan fingerprint density at radius 1 is 1.26 bits per heavy atom. The summed E-state index contributed by atoms with van der Waals surface area (Å²) in [4.78, 5) is 30.6. The zero-order valence-corrected chi connectivity index (χ0v) is 16.0. The van der Waals surface area contributed by atoms with Crippen molar-refractivity contribution >= 4 is 29.6 Å². The predicted molar refractivity (Wildman–Crippen MR) is 104 cm³/mol. The molecule has 140 valence electrons. The zero-order valence-electron chi connectivity index (χ0n) is 15.3. The van der Waals surface area contributed by atoms with Crippen molar-refractivity contribution in [1.82, 2.24) is 15.2 Å². The maximum atomic E-state index is 12.1. The van der Waals surface area contributed by atoms with Crippen LogP contribution in [0.15, 0.2) is 42.7 Å². The fourth-order valence-corrected chi connectivity index (χ4v) is 4.64. The van der Waals surface area contributed by atoms with Crippen molar-refractivity contribution in [2.24, 2.45) is 0 Å². The molecule has 3 heterocycles. The largest absolute Gasteiger partial charge is 0.336 e. The summed E-state index contributed by atoms with van der Waals surface area (Å²) in [6.07, 6.45) is 4.23. The lowest BCUT2D eigenvalue weighted by Crippen LogP contribution is -2.47. The molecule has 2 aromatic rings. The SMILES string of the molecule is CC1(C)c2ccccc2C(Cl)(C=O)N1c1cncc(CN2CCNC2=O)c1. The van der Waals surface area contributed by atoms with E-state index in [1.54, 1.807) is 17.3 Å². The number of fused-ring (bicyclic) bond motifs is 1. The summed E-state index contributed by atoms with van der Waals surface area (Å²) >= 11 is 6.87. The zero-order chi connectivity index (χ0) is 19.2. The maximum Gasteiger partial charge on any atom is 0.317 e. The number of carbonyl (C=O) groups is 2. The second-order valence-electron chi connectivity index (χ2n) is 7.44. The minimum absolute atomic E-state index is 0.0751. The summed E-state index contributed by atoms with van der Waals surface area (Å²) in [5.41, 5.74) is 2.94. The number of carbonyl (C=O) groups excluding carboxylic acids is 2. The van der Waals surface area contributed by atoms with E-state index in [9.17, 15) is 9.59 Å². The highest BCUT2D eigenvalue weighted by Crippen LogP contribution is 2.52. The Balaban J connectivity index is 1.75. The van der Waals surface area contributed by atoms with Crippen molar-refractivity contribution in [3.63, 3.8) is 0 Å². The number of aromatic nitrogens is 1. The Morgan fingerprint density at radius 3 is 2.67 bits per heavy atom. The van der Waals surface area contributed by atoms with Crippen LogP contribution < -0.4 is 10.2 Å². The van der Waals surface area contributed by atoms with Crippen LogP contribution >= 0.6 is 11.6 Å². The molecule has 0 spiro atoms. The summed E-state index contributed by atoms with van der Waals surface area (Å²) in [5.74, 6) is 0. The van der Waals surface area contributed by atoms with E-state index in [2.05, 4.69) is 10.3 Å². The van der Waals surface area contributed by atoms with E-state index in [1.165, 1.54) is 0 Å². The van der Waals surface area contributed by atoms with Gasteiger partial charge in [0.15, 0.2) is 11.3 Å². The van der Waals surface area contributed by atoms with Crippen LogP contribution in [0.3, 0.4) is 0 Å². The molecule has 7 heteroatoms. The molecule has 6 nitrogen and oxygen atoms in total. The van der Waals surface area contributed by atoms with Gasteiger partial charge in [0.05, 0.1) is 17.4 Å². The molecular formula is C20H21ClN4O2. The third kappa shape index (κ3) is 2.67. The first-order chi connectivity index (χ1) is 12.9. The van der Waals surface area contributed by atoms with E-state index in [4.69, 9.17) is 11.6 Å². The number of urea groups is 1. The monoisotopic (exact) mass is 384 g/mol. The van der Waals surface area contributed by atoms with Crippen LogP contribution in [-0.2, 0) is 21.9 Å². The molecule has 0 bridgehead atoms. The standard InChI is InChI=1S/C20H21ClN4O2/c1-19(2)16-5-3-4-6-17(16)20(21,13-26)25(19)15-9-14(10-22-11-15)12-24-8-7-23-18(24)27/h3-6,9-11,13H,7-8,12H2,1-2H3,(H,23,27). The van der Waals surface area contributed by atoms with Gasteiger partial charge in [0.2, 0.25) is 0 Å². The van der Waals surface area contributed by atoms with Gasteiger partial charge in [0.25, 0.3) is 0 Å². The predicted octanol–water partition coefficient (Wildman–Crippen LogP) is 2.95. The lowest BCUT2D eigenvalue weighted by Gasteiger charge is -2.40. The fourth-order valence-electron chi connectivity index (χ4n) is 4.16. The highest BCUT2D eigenvalue weighted by Gasteiger charge is 2.53. The number of nitrogens with zero attached hydrogens (tertiary/aromatic N) is 3. The molecule has 0 radical (unpaired) electrons. The third-order valence-electron chi connectivity index (χ3n) is 5.36. The first kappa shape index (κ1) is 17.8. The second-order valence-corrected chi connectivity index (χ2v) is 8.01. The Morgan fingerprint density at radius 2 is 2.00 bits per heavy atom. The Hall–Kier alpha value is -2.60. The number of halogens is 1. The number of hydrogen-bond donors (Lipinski definition) is 1. The quantitative estimate of drug-likeness (QED) is 0.500. The van der Waals surface area contributed by atoms with E-state index in [0.29, 0.717) is 19.6 Å². The van der Waals surface area contributed by atoms with Crippen LogP contribution in [0, 0.1) is 0 Å². The molecule has 1 N–H and O–H groups in total. The number of aldehydes is 1. The lowest BCUT2D eigenvalue weighted by atomic mass is 9.93. The number of alkyl halides is 1. The summed E-state index contributed by atoms with van der Waals surface area (Å²) in [6.45, 7) is 5.86. The van der Waals surface area contributed by atoms with Gasteiger partial charge >= 0.3 is 6.03 Å². The minimum atomic E-state index is -1.30. The molecule has 1 fully saturated rings. The molecule has 0 saturated carbocycles. The van der Waals surface area contributed by atoms with Crippen LogP contribution in [-0.4, -0.2) is 35.3 Å². The van der Waals surface area contributed by atoms with Crippen molar-refractivity contribution in [3.8, 4) is 0 Å². The third-order valence-corrected chi connectivity index (χ3v) is 5.82. The first-order valence-corrected chi connectivity index (χ1v) is 9.28. The van der Waals surface area contributed by atoms with Crippen LogP contribution in [0.2, 0.25) is 0 Å². The van der Waals surface area contributed by atoms with Gasteiger partial charge in [-0.25, -0.2) is 4.79 Å². The van der Waals surface area contributed by atoms with Crippen LogP contribution in [0.1, 0.15) is 30.5 Å². The summed E-state index contributed by atoms with van der Waals surface area (Å²) in [7, 11) is 0. The topological polar surface area (TPSA) is 65.5 Å². The molecule has 1 aromatic heterocycles. The van der Waals surface area contributed by atoms with Crippen molar-refractivity contribution in [1.29, 1.82) is 0 Å². The minimum Gasteiger partial charge on any atom is -0.336 e. The van der Waals surface area contributed by atoms with Gasteiger partial charge in [-0.15, -0.1) is 0 Å². The van der Waals surface area contributed by atoms with Gasteiger partial charge in [-0.3, -0.25) is 9.78 Å². The smallest absolute Gasteiger partial charge is 0.317 e. The number of amides is 2. The average Bonchev–Trinajstić information content (AvgIpc) is 3.13. The Bertz CT molecular complexity index is 916. The van der Waals surface area contributed by atoms with Gasteiger partial charge in [-0.1, -0.05) is 35.9 Å². The lowest BCUT2D eigenvalue weighted by molar-refractivity contribution is -0.110. The molecule has 2 aliphatic heterocycles. The summed E-state index contributed by atoms with van der Waals surface area (Å²) in [5, 5.41) is 2.80. The first-order valence-electron chi connectivity index (χ1n) is 8.90. The van der Waals surface area contributed by atoms with Gasteiger partial charge in [-0.05, 0) is 31.0 Å². The molecule has 2 amide bonds. The van der Waals surface area contributed by atoms with Crippen LogP contribution in [0.25, 0.3) is 0 Å². The fraction of sp³-hybridized carbons (Fsp3) is 0.350. The molecule has 1 atom stereocenters. The molecule has 27 heavy (non-hydrogen) atoms.